The summed E-state index contributed by atoms with van der Waals surface area (Å²) in [5.74, 6) is 0.454. The Morgan fingerprint density at radius 2 is 1.78 bits per heavy atom. The molecule has 0 fully saturated rings. The Labute approximate surface area is 218 Å². The van der Waals surface area contributed by atoms with Crippen molar-refractivity contribution in [2.45, 2.75) is 47.6 Å². The van der Waals surface area contributed by atoms with E-state index in [0.717, 1.165) is 46.9 Å². The Kier molecular flexibility index (Phi) is 8.82. The van der Waals surface area contributed by atoms with E-state index in [1.807, 2.05) is 6.08 Å². The molecule has 0 amide bonds. The van der Waals surface area contributed by atoms with Crippen molar-refractivity contribution < 1.29 is 0 Å². The summed E-state index contributed by atoms with van der Waals surface area (Å²) in [6.45, 7) is 29.1. The normalized spacial score (nSPS) is 15.6. The van der Waals surface area contributed by atoms with Gasteiger partial charge in [0.15, 0.2) is 0 Å². The fraction of sp³-hybridized carbons (Fsp3) is 0.273. The molecule has 1 aromatic carbocycles. The molecule has 188 valence electrons. The molecule has 0 spiro atoms. The molecule has 2 N–H and O–H groups in total. The van der Waals surface area contributed by atoms with Crippen LogP contribution < -0.4 is 10.6 Å². The second-order valence-corrected chi connectivity index (χ2v) is 9.96. The maximum Gasteiger partial charge on any atom is 0.0685 e. The molecule has 2 aromatic rings. The van der Waals surface area contributed by atoms with Gasteiger partial charge in [-0.1, -0.05) is 73.9 Å². The highest BCUT2D eigenvalue weighted by atomic mass is 15.0. The SMILES string of the molecule is C=Cc1ccc(CNC(=C)C(=C)/C=C(/C(=C)NCC2C=CC(C)=C(C)C2)n2cc(C)cc2C)cc1C. The number of allylic oxidation sites excluding steroid dienone is 5. The van der Waals surface area contributed by atoms with Crippen molar-refractivity contribution >= 4 is 11.8 Å². The highest BCUT2D eigenvalue weighted by Gasteiger charge is 2.15. The molecule has 1 heterocycles. The van der Waals surface area contributed by atoms with Crippen LogP contribution in [0, 0.1) is 26.7 Å². The lowest BCUT2D eigenvalue weighted by Crippen LogP contribution is -2.24. The maximum absolute atomic E-state index is 4.40. The minimum atomic E-state index is 0.454. The first-order valence-electron chi connectivity index (χ1n) is 12.6. The van der Waals surface area contributed by atoms with Gasteiger partial charge in [-0.25, -0.2) is 0 Å². The van der Waals surface area contributed by atoms with Gasteiger partial charge in [-0.05, 0) is 86.9 Å². The average molecular weight is 480 g/mol. The number of benzene rings is 1. The van der Waals surface area contributed by atoms with E-state index in [9.17, 15) is 0 Å². The number of hydrogen-bond acceptors (Lipinski definition) is 2. The van der Waals surface area contributed by atoms with Crippen LogP contribution in [0.1, 0.15) is 48.2 Å². The van der Waals surface area contributed by atoms with Crippen LogP contribution in [0.15, 0.2) is 103 Å². The van der Waals surface area contributed by atoms with Gasteiger partial charge in [0, 0.05) is 30.7 Å². The molecule has 3 rings (SSSR count). The van der Waals surface area contributed by atoms with Gasteiger partial charge in [0.25, 0.3) is 0 Å². The lowest BCUT2D eigenvalue weighted by molar-refractivity contribution is 0.590. The third kappa shape index (κ3) is 6.69. The Morgan fingerprint density at radius 3 is 2.39 bits per heavy atom. The predicted molar refractivity (Wildman–Crippen MR) is 157 cm³/mol. The quantitative estimate of drug-likeness (QED) is 0.322. The second-order valence-electron chi connectivity index (χ2n) is 9.96. The molecule has 3 nitrogen and oxygen atoms in total. The summed E-state index contributed by atoms with van der Waals surface area (Å²) in [6.07, 6.45) is 11.7. The molecule has 1 aromatic heterocycles. The first kappa shape index (κ1) is 26.9. The summed E-state index contributed by atoms with van der Waals surface area (Å²) in [4.78, 5) is 0. The van der Waals surface area contributed by atoms with Crippen LogP contribution in [0.2, 0.25) is 0 Å². The molecule has 3 heteroatoms. The van der Waals surface area contributed by atoms with Crippen molar-refractivity contribution in [3.8, 4) is 0 Å². The van der Waals surface area contributed by atoms with E-state index in [-0.39, 0.29) is 0 Å². The Hall–Kier alpha value is -3.72. The van der Waals surface area contributed by atoms with E-state index in [1.54, 1.807) is 0 Å². The molecule has 0 radical (unpaired) electrons. The van der Waals surface area contributed by atoms with Crippen LogP contribution in [0.5, 0.6) is 0 Å². The topological polar surface area (TPSA) is 29.0 Å². The lowest BCUT2D eigenvalue weighted by Gasteiger charge is -2.23. The van der Waals surface area contributed by atoms with Crippen molar-refractivity contribution in [1.82, 2.24) is 15.2 Å². The van der Waals surface area contributed by atoms with Crippen molar-refractivity contribution in [3.63, 3.8) is 0 Å². The van der Waals surface area contributed by atoms with Crippen molar-refractivity contribution in [3.05, 3.63) is 131 Å². The van der Waals surface area contributed by atoms with Crippen LogP contribution in [0.4, 0.5) is 0 Å². The van der Waals surface area contributed by atoms with Gasteiger partial charge in [-0.2, -0.15) is 0 Å². The van der Waals surface area contributed by atoms with Crippen molar-refractivity contribution in [1.29, 1.82) is 0 Å². The maximum atomic E-state index is 4.40. The zero-order chi connectivity index (χ0) is 26.4. The fourth-order valence-corrected chi connectivity index (χ4v) is 4.48. The molecular weight excluding hydrogens is 438 g/mol. The molecule has 0 bridgehead atoms. The Morgan fingerprint density at radius 1 is 1.03 bits per heavy atom. The summed E-state index contributed by atoms with van der Waals surface area (Å²) < 4.78 is 2.17. The van der Waals surface area contributed by atoms with Crippen LogP contribution in [-0.4, -0.2) is 11.1 Å². The van der Waals surface area contributed by atoms with Crippen LogP contribution in [0.3, 0.4) is 0 Å². The zero-order valence-electron chi connectivity index (χ0n) is 22.7. The first-order valence-corrected chi connectivity index (χ1v) is 12.6. The number of aromatic nitrogens is 1. The molecule has 0 saturated carbocycles. The summed E-state index contributed by atoms with van der Waals surface area (Å²) in [7, 11) is 0. The Balaban J connectivity index is 1.73. The molecule has 0 aliphatic heterocycles. The number of rotatable bonds is 11. The molecule has 1 aliphatic rings. The minimum Gasteiger partial charge on any atom is -0.383 e. The third-order valence-corrected chi connectivity index (χ3v) is 6.91. The monoisotopic (exact) mass is 479 g/mol. The molecule has 1 unspecified atom stereocenters. The van der Waals surface area contributed by atoms with Gasteiger partial charge in [0.1, 0.15) is 0 Å². The molecule has 1 atom stereocenters. The number of aryl methyl sites for hydroxylation is 3. The third-order valence-electron chi connectivity index (χ3n) is 6.91. The summed E-state index contributed by atoms with van der Waals surface area (Å²) in [5, 5.41) is 7.02. The molecule has 0 saturated heterocycles. The fourth-order valence-electron chi connectivity index (χ4n) is 4.48. The highest BCUT2D eigenvalue weighted by Crippen LogP contribution is 2.25. The van der Waals surface area contributed by atoms with Gasteiger partial charge in [0.2, 0.25) is 0 Å². The smallest absolute Gasteiger partial charge is 0.0685 e. The largest absolute Gasteiger partial charge is 0.383 e. The van der Waals surface area contributed by atoms with Crippen LogP contribution in [0.25, 0.3) is 11.8 Å². The molecule has 1 aliphatic carbocycles. The van der Waals surface area contributed by atoms with Crippen LogP contribution >= 0.6 is 0 Å². The standard InChI is InChI=1S/C33H41N3/c1-10-32-14-13-31(17-26(32)6)19-34-28(8)25(5)18-33(36-21-22(2)15-27(36)7)29(9)35-20-30-12-11-23(3)24(4)16-30/h10-15,17-18,21,30,34-35H,1,5,8-9,16,19-20H2,2-4,6-7H3/b33-18-. The van der Waals surface area contributed by atoms with Gasteiger partial charge < -0.3 is 15.2 Å². The second kappa shape index (κ2) is 11.8. The molecular formula is C33H41N3. The summed E-state index contributed by atoms with van der Waals surface area (Å²) >= 11 is 0. The van der Waals surface area contributed by atoms with Gasteiger partial charge in [-0.3, -0.25) is 0 Å². The number of nitrogens with one attached hydrogen (secondary N) is 2. The highest BCUT2D eigenvalue weighted by molar-refractivity contribution is 5.68. The minimum absolute atomic E-state index is 0.454. The molecule has 36 heavy (non-hydrogen) atoms. The predicted octanol–water partition coefficient (Wildman–Crippen LogP) is 7.77. The summed E-state index contributed by atoms with van der Waals surface area (Å²) in [6, 6.07) is 8.57. The van der Waals surface area contributed by atoms with E-state index in [2.05, 4.69) is 125 Å². The van der Waals surface area contributed by atoms with Crippen molar-refractivity contribution in [2.75, 3.05) is 6.54 Å². The van der Waals surface area contributed by atoms with E-state index in [4.69, 9.17) is 0 Å². The van der Waals surface area contributed by atoms with E-state index in [0.29, 0.717) is 12.5 Å². The Bertz CT molecular complexity index is 1280. The van der Waals surface area contributed by atoms with Gasteiger partial charge in [-0.15, -0.1) is 0 Å². The van der Waals surface area contributed by atoms with Gasteiger partial charge in [0.05, 0.1) is 11.4 Å². The first-order chi connectivity index (χ1) is 17.1. The number of nitrogens with zero attached hydrogens (tertiary/aromatic N) is 1. The lowest BCUT2D eigenvalue weighted by atomic mass is 9.91. The van der Waals surface area contributed by atoms with E-state index >= 15 is 0 Å². The number of hydrogen-bond donors (Lipinski definition) is 2. The van der Waals surface area contributed by atoms with Crippen LogP contribution in [-0.2, 0) is 6.54 Å². The van der Waals surface area contributed by atoms with E-state index in [1.165, 1.54) is 27.8 Å². The zero-order valence-corrected chi connectivity index (χ0v) is 22.7. The van der Waals surface area contributed by atoms with E-state index < -0.39 is 0 Å². The average Bonchev–Trinajstić information content (AvgIpc) is 3.18. The van der Waals surface area contributed by atoms with Gasteiger partial charge >= 0.3 is 0 Å². The summed E-state index contributed by atoms with van der Waals surface area (Å²) in [5.41, 5.74) is 12.2. The van der Waals surface area contributed by atoms with Crippen molar-refractivity contribution in [2.24, 2.45) is 5.92 Å².